The molecule has 0 radical (unpaired) electrons. The van der Waals surface area contributed by atoms with Gasteiger partial charge >= 0.3 is 0 Å². The standard InChI is InChI=1S/C16H16Cl2N2O3/c17-13-3-1-12(11-14(13)18)2-4-15(22)19-6-5-16(23)20(8-7-19)9-10-21/h1-4,10-11H,5-9H2. The summed E-state index contributed by atoms with van der Waals surface area (Å²) < 4.78 is 0. The highest BCUT2D eigenvalue weighted by atomic mass is 35.5. The van der Waals surface area contributed by atoms with Crippen molar-refractivity contribution < 1.29 is 14.4 Å². The molecule has 1 aliphatic heterocycles. The molecular formula is C16H16Cl2N2O3. The Morgan fingerprint density at radius 2 is 1.96 bits per heavy atom. The smallest absolute Gasteiger partial charge is 0.246 e. The first-order valence-electron chi connectivity index (χ1n) is 7.14. The van der Waals surface area contributed by atoms with Crippen LogP contribution in [-0.4, -0.2) is 54.1 Å². The predicted octanol–water partition coefficient (Wildman–Crippen LogP) is 2.27. The van der Waals surface area contributed by atoms with E-state index in [1.807, 2.05) is 0 Å². The van der Waals surface area contributed by atoms with E-state index in [1.165, 1.54) is 11.0 Å². The molecule has 0 atom stereocenters. The molecule has 122 valence electrons. The van der Waals surface area contributed by atoms with Gasteiger partial charge in [0, 0.05) is 32.1 Å². The summed E-state index contributed by atoms with van der Waals surface area (Å²) in [5.41, 5.74) is 0.765. The van der Waals surface area contributed by atoms with Gasteiger partial charge in [0.05, 0.1) is 16.6 Å². The fourth-order valence-corrected chi connectivity index (χ4v) is 2.57. The zero-order valence-electron chi connectivity index (χ0n) is 12.4. The summed E-state index contributed by atoms with van der Waals surface area (Å²) in [5.74, 6) is -0.294. The molecule has 1 saturated heterocycles. The molecule has 1 heterocycles. The highest BCUT2D eigenvalue weighted by Crippen LogP contribution is 2.23. The van der Waals surface area contributed by atoms with Gasteiger partial charge in [-0.1, -0.05) is 29.3 Å². The summed E-state index contributed by atoms with van der Waals surface area (Å²) in [7, 11) is 0. The largest absolute Gasteiger partial charge is 0.337 e. The van der Waals surface area contributed by atoms with Gasteiger partial charge in [-0.25, -0.2) is 0 Å². The molecule has 0 unspecified atom stereocenters. The third-order valence-corrected chi connectivity index (χ3v) is 4.30. The van der Waals surface area contributed by atoms with Crippen molar-refractivity contribution in [2.24, 2.45) is 0 Å². The molecule has 0 aliphatic carbocycles. The first kappa shape index (κ1) is 17.5. The molecule has 0 saturated carbocycles. The summed E-state index contributed by atoms with van der Waals surface area (Å²) in [6.07, 6.45) is 4.01. The highest BCUT2D eigenvalue weighted by molar-refractivity contribution is 6.42. The fourth-order valence-electron chi connectivity index (χ4n) is 2.26. The van der Waals surface area contributed by atoms with E-state index in [1.54, 1.807) is 29.2 Å². The number of aldehydes is 1. The summed E-state index contributed by atoms with van der Waals surface area (Å²) in [6, 6.07) is 5.09. The van der Waals surface area contributed by atoms with Crippen LogP contribution < -0.4 is 0 Å². The second-order valence-corrected chi connectivity index (χ2v) is 5.90. The highest BCUT2D eigenvalue weighted by Gasteiger charge is 2.22. The number of halogens is 2. The van der Waals surface area contributed by atoms with Crippen molar-refractivity contribution in [2.45, 2.75) is 6.42 Å². The molecule has 0 bridgehead atoms. The molecule has 7 heteroatoms. The molecule has 1 fully saturated rings. The van der Waals surface area contributed by atoms with Crippen molar-refractivity contribution >= 4 is 47.4 Å². The first-order chi connectivity index (χ1) is 11.0. The summed E-state index contributed by atoms with van der Waals surface area (Å²) in [6.45, 7) is 1.19. The third kappa shape index (κ3) is 4.81. The van der Waals surface area contributed by atoms with Crippen molar-refractivity contribution in [3.05, 3.63) is 39.9 Å². The molecule has 1 aromatic carbocycles. The van der Waals surface area contributed by atoms with Crippen LogP contribution in [0.5, 0.6) is 0 Å². The predicted molar refractivity (Wildman–Crippen MR) is 89.3 cm³/mol. The van der Waals surface area contributed by atoms with Crippen LogP contribution in [0, 0.1) is 0 Å². The lowest BCUT2D eigenvalue weighted by Gasteiger charge is -2.19. The zero-order chi connectivity index (χ0) is 16.8. The quantitative estimate of drug-likeness (QED) is 0.615. The fraction of sp³-hybridized carbons (Fsp3) is 0.312. The molecule has 0 N–H and O–H groups in total. The van der Waals surface area contributed by atoms with Gasteiger partial charge in [-0.2, -0.15) is 0 Å². The Hall–Kier alpha value is -1.85. The van der Waals surface area contributed by atoms with Crippen molar-refractivity contribution in [2.75, 3.05) is 26.2 Å². The molecule has 5 nitrogen and oxygen atoms in total. The Bertz CT molecular complexity index is 646. The Morgan fingerprint density at radius 1 is 1.17 bits per heavy atom. The monoisotopic (exact) mass is 354 g/mol. The van der Waals surface area contributed by atoms with Gasteiger partial charge < -0.3 is 14.6 Å². The van der Waals surface area contributed by atoms with Crippen LogP contribution >= 0.6 is 23.2 Å². The lowest BCUT2D eigenvalue weighted by atomic mass is 10.2. The number of rotatable bonds is 4. The Labute approximate surface area is 144 Å². The maximum Gasteiger partial charge on any atom is 0.246 e. The molecule has 1 aliphatic rings. The van der Waals surface area contributed by atoms with E-state index in [-0.39, 0.29) is 24.8 Å². The number of nitrogens with zero attached hydrogens (tertiary/aromatic N) is 2. The van der Waals surface area contributed by atoms with Gasteiger partial charge in [-0.15, -0.1) is 0 Å². The second kappa shape index (κ2) is 8.13. The van der Waals surface area contributed by atoms with E-state index in [4.69, 9.17) is 23.2 Å². The number of amides is 2. The topological polar surface area (TPSA) is 57.7 Å². The van der Waals surface area contributed by atoms with Crippen molar-refractivity contribution in [3.8, 4) is 0 Å². The SMILES string of the molecule is O=CCN1CCN(C(=O)C=Cc2ccc(Cl)c(Cl)c2)CCC1=O. The number of carbonyl (C=O) groups excluding carboxylic acids is 3. The maximum atomic E-state index is 12.2. The van der Waals surface area contributed by atoms with E-state index in [2.05, 4.69) is 0 Å². The Kier molecular flexibility index (Phi) is 6.19. The minimum Gasteiger partial charge on any atom is -0.337 e. The molecule has 1 aromatic rings. The van der Waals surface area contributed by atoms with E-state index in [9.17, 15) is 14.4 Å². The second-order valence-electron chi connectivity index (χ2n) is 5.09. The minimum absolute atomic E-state index is 0.0694. The maximum absolute atomic E-state index is 12.2. The normalized spacial score (nSPS) is 15.8. The van der Waals surface area contributed by atoms with Gasteiger partial charge in [-0.05, 0) is 23.8 Å². The summed E-state index contributed by atoms with van der Waals surface area (Å²) in [4.78, 5) is 37.6. The Morgan fingerprint density at radius 3 is 2.65 bits per heavy atom. The molecular weight excluding hydrogens is 339 g/mol. The van der Waals surface area contributed by atoms with Crippen molar-refractivity contribution in [1.29, 1.82) is 0 Å². The first-order valence-corrected chi connectivity index (χ1v) is 7.90. The van der Waals surface area contributed by atoms with Gasteiger partial charge in [0.25, 0.3) is 0 Å². The average molecular weight is 355 g/mol. The number of carbonyl (C=O) groups is 3. The van der Waals surface area contributed by atoms with Crippen molar-refractivity contribution in [3.63, 3.8) is 0 Å². The molecule has 0 spiro atoms. The minimum atomic E-state index is -0.183. The third-order valence-electron chi connectivity index (χ3n) is 3.56. The van der Waals surface area contributed by atoms with E-state index in [0.29, 0.717) is 36.0 Å². The van der Waals surface area contributed by atoms with Gasteiger partial charge in [0.2, 0.25) is 11.8 Å². The van der Waals surface area contributed by atoms with Crippen molar-refractivity contribution in [1.82, 2.24) is 9.80 Å². The van der Waals surface area contributed by atoms with E-state index in [0.717, 1.165) is 5.56 Å². The lowest BCUT2D eigenvalue weighted by molar-refractivity contribution is -0.132. The molecule has 2 rings (SSSR count). The number of hydrogen-bond donors (Lipinski definition) is 0. The number of hydrogen-bond acceptors (Lipinski definition) is 3. The zero-order valence-corrected chi connectivity index (χ0v) is 13.9. The average Bonchev–Trinajstić information content (AvgIpc) is 2.71. The van der Waals surface area contributed by atoms with Crippen LogP contribution in [0.1, 0.15) is 12.0 Å². The van der Waals surface area contributed by atoms with Gasteiger partial charge in [0.1, 0.15) is 6.29 Å². The van der Waals surface area contributed by atoms with Crippen LogP contribution in [0.2, 0.25) is 10.0 Å². The molecule has 23 heavy (non-hydrogen) atoms. The Balaban J connectivity index is 2.00. The summed E-state index contributed by atoms with van der Waals surface area (Å²) in [5, 5.41) is 0.877. The number of benzene rings is 1. The van der Waals surface area contributed by atoms with Crippen LogP contribution in [0.15, 0.2) is 24.3 Å². The lowest BCUT2D eigenvalue weighted by Crippen LogP contribution is -2.36. The molecule has 2 amide bonds. The van der Waals surface area contributed by atoms with E-state index < -0.39 is 0 Å². The van der Waals surface area contributed by atoms with Gasteiger partial charge in [-0.3, -0.25) is 9.59 Å². The summed E-state index contributed by atoms with van der Waals surface area (Å²) >= 11 is 11.8. The van der Waals surface area contributed by atoms with Crippen LogP contribution in [-0.2, 0) is 14.4 Å². The van der Waals surface area contributed by atoms with Crippen LogP contribution in [0.25, 0.3) is 6.08 Å². The molecule has 0 aromatic heterocycles. The van der Waals surface area contributed by atoms with Gasteiger partial charge in [0.15, 0.2) is 0 Å². The van der Waals surface area contributed by atoms with Crippen LogP contribution in [0.3, 0.4) is 0 Å². The van der Waals surface area contributed by atoms with E-state index >= 15 is 0 Å². The van der Waals surface area contributed by atoms with Crippen LogP contribution in [0.4, 0.5) is 0 Å².